The summed E-state index contributed by atoms with van der Waals surface area (Å²) in [5.74, 6) is 0.590. The molecule has 0 saturated carbocycles. The molecule has 0 bridgehead atoms. The SMILES string of the molecule is CCC(C)CC(C)NC(=O)C(N)CCCOC. The fraction of sp³-hybridized carbons (Fsp3) is 0.923. The van der Waals surface area contributed by atoms with Gasteiger partial charge in [0.25, 0.3) is 0 Å². The summed E-state index contributed by atoms with van der Waals surface area (Å²) in [6.07, 6.45) is 3.65. The first kappa shape index (κ1) is 16.4. The van der Waals surface area contributed by atoms with Crippen LogP contribution in [0.5, 0.6) is 0 Å². The average Bonchev–Trinajstić information content (AvgIpc) is 2.28. The highest BCUT2D eigenvalue weighted by Crippen LogP contribution is 2.09. The maximum Gasteiger partial charge on any atom is 0.237 e. The summed E-state index contributed by atoms with van der Waals surface area (Å²) in [5.41, 5.74) is 5.80. The topological polar surface area (TPSA) is 64.4 Å². The van der Waals surface area contributed by atoms with Crippen LogP contribution in [0.1, 0.15) is 46.5 Å². The lowest BCUT2D eigenvalue weighted by atomic mass is 10.00. The Labute approximate surface area is 105 Å². The molecule has 3 unspecified atom stereocenters. The van der Waals surface area contributed by atoms with E-state index in [1.54, 1.807) is 7.11 Å². The van der Waals surface area contributed by atoms with Crippen LogP contribution in [-0.2, 0) is 9.53 Å². The van der Waals surface area contributed by atoms with Crippen LogP contribution >= 0.6 is 0 Å². The molecule has 0 aromatic heterocycles. The lowest BCUT2D eigenvalue weighted by Gasteiger charge is -2.20. The third kappa shape index (κ3) is 8.16. The number of hydrogen-bond acceptors (Lipinski definition) is 3. The van der Waals surface area contributed by atoms with Crippen molar-refractivity contribution in [2.45, 2.75) is 58.5 Å². The number of hydrogen-bond donors (Lipinski definition) is 2. The first-order valence-corrected chi connectivity index (χ1v) is 6.56. The molecular weight excluding hydrogens is 216 g/mol. The van der Waals surface area contributed by atoms with Crippen molar-refractivity contribution in [2.75, 3.05) is 13.7 Å². The third-order valence-corrected chi connectivity index (χ3v) is 3.04. The number of carbonyl (C=O) groups excluding carboxylic acids is 1. The van der Waals surface area contributed by atoms with Crippen molar-refractivity contribution in [3.63, 3.8) is 0 Å². The number of nitrogens with one attached hydrogen (secondary N) is 1. The number of methoxy groups -OCH3 is 1. The van der Waals surface area contributed by atoms with Crippen LogP contribution in [0.3, 0.4) is 0 Å². The molecule has 1 amide bonds. The van der Waals surface area contributed by atoms with Crippen molar-refractivity contribution in [1.29, 1.82) is 0 Å². The summed E-state index contributed by atoms with van der Waals surface area (Å²) in [4.78, 5) is 11.7. The van der Waals surface area contributed by atoms with Gasteiger partial charge in [0.2, 0.25) is 5.91 Å². The Kier molecular flexibility index (Phi) is 9.09. The molecule has 0 heterocycles. The van der Waals surface area contributed by atoms with E-state index in [0.29, 0.717) is 18.9 Å². The summed E-state index contributed by atoms with van der Waals surface area (Å²) in [5, 5.41) is 2.97. The minimum absolute atomic E-state index is 0.0445. The van der Waals surface area contributed by atoms with Gasteiger partial charge in [-0.2, -0.15) is 0 Å². The quantitative estimate of drug-likeness (QED) is 0.607. The molecule has 3 atom stereocenters. The lowest BCUT2D eigenvalue weighted by Crippen LogP contribution is -2.44. The molecule has 0 rings (SSSR count). The van der Waals surface area contributed by atoms with Gasteiger partial charge < -0.3 is 15.8 Å². The van der Waals surface area contributed by atoms with Crippen LogP contribution in [0.4, 0.5) is 0 Å². The Balaban J connectivity index is 3.82. The van der Waals surface area contributed by atoms with E-state index < -0.39 is 6.04 Å². The zero-order valence-electron chi connectivity index (χ0n) is 11.7. The number of ether oxygens (including phenoxy) is 1. The second kappa shape index (κ2) is 9.42. The van der Waals surface area contributed by atoms with Crippen molar-refractivity contribution in [3.8, 4) is 0 Å². The number of nitrogens with two attached hydrogens (primary N) is 1. The smallest absolute Gasteiger partial charge is 0.237 e. The maximum absolute atomic E-state index is 11.7. The molecule has 4 heteroatoms. The van der Waals surface area contributed by atoms with Gasteiger partial charge >= 0.3 is 0 Å². The molecule has 0 spiro atoms. The normalized spacial score (nSPS) is 16.3. The summed E-state index contributed by atoms with van der Waals surface area (Å²) in [7, 11) is 1.65. The van der Waals surface area contributed by atoms with E-state index in [2.05, 4.69) is 19.2 Å². The molecule has 0 aliphatic rings. The van der Waals surface area contributed by atoms with Gasteiger partial charge in [-0.3, -0.25) is 4.79 Å². The van der Waals surface area contributed by atoms with E-state index in [4.69, 9.17) is 10.5 Å². The monoisotopic (exact) mass is 244 g/mol. The molecular formula is C13H28N2O2. The van der Waals surface area contributed by atoms with Crippen LogP contribution in [0.25, 0.3) is 0 Å². The van der Waals surface area contributed by atoms with Gasteiger partial charge in [0.15, 0.2) is 0 Å². The van der Waals surface area contributed by atoms with Gasteiger partial charge in [0.1, 0.15) is 0 Å². The van der Waals surface area contributed by atoms with Crippen molar-refractivity contribution in [1.82, 2.24) is 5.32 Å². The first-order valence-electron chi connectivity index (χ1n) is 6.56. The minimum Gasteiger partial charge on any atom is -0.385 e. The van der Waals surface area contributed by atoms with E-state index in [1.165, 1.54) is 0 Å². The van der Waals surface area contributed by atoms with Crippen molar-refractivity contribution in [2.24, 2.45) is 11.7 Å². The first-order chi connectivity index (χ1) is 8.01. The largest absolute Gasteiger partial charge is 0.385 e. The van der Waals surface area contributed by atoms with Crippen molar-refractivity contribution >= 4 is 5.91 Å². The van der Waals surface area contributed by atoms with E-state index >= 15 is 0 Å². The zero-order valence-corrected chi connectivity index (χ0v) is 11.7. The molecule has 0 fully saturated rings. The van der Waals surface area contributed by atoms with Crippen molar-refractivity contribution in [3.05, 3.63) is 0 Å². The molecule has 0 radical (unpaired) electrons. The average molecular weight is 244 g/mol. The molecule has 0 aliphatic heterocycles. The summed E-state index contributed by atoms with van der Waals surface area (Å²) >= 11 is 0. The molecule has 3 N–H and O–H groups in total. The van der Waals surface area contributed by atoms with Crippen LogP contribution < -0.4 is 11.1 Å². The Morgan fingerprint density at radius 2 is 2.06 bits per heavy atom. The van der Waals surface area contributed by atoms with Gasteiger partial charge in [-0.25, -0.2) is 0 Å². The fourth-order valence-corrected chi connectivity index (χ4v) is 1.76. The maximum atomic E-state index is 11.7. The molecule has 0 saturated heterocycles. The van der Waals surface area contributed by atoms with Crippen LogP contribution in [0.2, 0.25) is 0 Å². The minimum atomic E-state index is -0.412. The predicted molar refractivity (Wildman–Crippen MR) is 70.8 cm³/mol. The van der Waals surface area contributed by atoms with Crippen LogP contribution in [0, 0.1) is 5.92 Å². The van der Waals surface area contributed by atoms with Crippen LogP contribution in [0.15, 0.2) is 0 Å². The molecule has 102 valence electrons. The van der Waals surface area contributed by atoms with E-state index in [-0.39, 0.29) is 11.9 Å². The molecule has 0 aromatic rings. The van der Waals surface area contributed by atoms with Gasteiger partial charge in [0.05, 0.1) is 6.04 Å². The standard InChI is InChI=1S/C13H28N2O2/c1-5-10(2)9-11(3)15-13(16)12(14)7-6-8-17-4/h10-12H,5-9,14H2,1-4H3,(H,15,16). The second-order valence-electron chi connectivity index (χ2n) is 4.90. The molecule has 4 nitrogen and oxygen atoms in total. The highest BCUT2D eigenvalue weighted by Gasteiger charge is 2.16. The van der Waals surface area contributed by atoms with Gasteiger partial charge in [-0.1, -0.05) is 20.3 Å². The fourth-order valence-electron chi connectivity index (χ4n) is 1.76. The molecule has 17 heavy (non-hydrogen) atoms. The van der Waals surface area contributed by atoms with E-state index in [9.17, 15) is 4.79 Å². The number of amides is 1. The number of carbonyl (C=O) groups is 1. The Morgan fingerprint density at radius 1 is 1.41 bits per heavy atom. The van der Waals surface area contributed by atoms with Gasteiger partial charge in [-0.05, 0) is 32.1 Å². The summed E-state index contributed by atoms with van der Waals surface area (Å²) < 4.78 is 4.93. The van der Waals surface area contributed by atoms with E-state index in [0.717, 1.165) is 19.3 Å². The molecule has 0 aromatic carbocycles. The highest BCUT2D eigenvalue weighted by atomic mass is 16.5. The molecule has 0 aliphatic carbocycles. The Hall–Kier alpha value is -0.610. The Bertz CT molecular complexity index is 210. The summed E-state index contributed by atoms with van der Waals surface area (Å²) in [6.45, 7) is 7.05. The summed E-state index contributed by atoms with van der Waals surface area (Å²) in [6, 6.07) is -0.213. The predicted octanol–water partition coefficient (Wildman–Crippen LogP) is 1.68. The van der Waals surface area contributed by atoms with Crippen molar-refractivity contribution < 1.29 is 9.53 Å². The lowest BCUT2D eigenvalue weighted by molar-refractivity contribution is -0.123. The van der Waals surface area contributed by atoms with E-state index in [1.807, 2.05) is 6.92 Å². The van der Waals surface area contributed by atoms with Gasteiger partial charge in [0, 0.05) is 19.8 Å². The third-order valence-electron chi connectivity index (χ3n) is 3.04. The van der Waals surface area contributed by atoms with Crippen LogP contribution in [-0.4, -0.2) is 31.7 Å². The highest BCUT2D eigenvalue weighted by molar-refractivity contribution is 5.81. The second-order valence-corrected chi connectivity index (χ2v) is 4.90. The number of rotatable bonds is 9. The Morgan fingerprint density at radius 3 is 2.59 bits per heavy atom. The van der Waals surface area contributed by atoms with Gasteiger partial charge in [-0.15, -0.1) is 0 Å². The zero-order chi connectivity index (χ0) is 13.3.